The zero-order chi connectivity index (χ0) is 13.7. The maximum absolute atomic E-state index is 9.17. The van der Waals surface area contributed by atoms with Gasteiger partial charge in [-0.25, -0.2) is 0 Å². The first-order chi connectivity index (χ1) is 9.19. The Morgan fingerprint density at radius 3 is 2.47 bits per heavy atom. The summed E-state index contributed by atoms with van der Waals surface area (Å²) in [5.74, 6) is 1.06. The van der Waals surface area contributed by atoms with Crippen LogP contribution < -0.4 is 16.4 Å². The molecule has 0 fully saturated rings. The van der Waals surface area contributed by atoms with Gasteiger partial charge >= 0.3 is 0 Å². The Bertz CT molecular complexity index is 512. The van der Waals surface area contributed by atoms with Crippen molar-refractivity contribution in [3.8, 4) is 0 Å². The smallest absolute Gasteiger partial charge is 0.223 e. The van der Waals surface area contributed by atoms with Crippen molar-refractivity contribution >= 4 is 17.6 Å². The van der Waals surface area contributed by atoms with Crippen LogP contribution in [0.2, 0.25) is 0 Å². The van der Waals surface area contributed by atoms with Crippen LogP contribution in [-0.2, 0) is 6.54 Å². The molecule has 0 aliphatic rings. The molecule has 5 N–H and O–H groups in total. The highest BCUT2D eigenvalue weighted by atomic mass is 16.3. The Balaban J connectivity index is 2.24. The average molecular weight is 259 g/mol. The number of nitrogens with two attached hydrogens (primary N) is 2. The van der Waals surface area contributed by atoms with Crippen LogP contribution in [0.5, 0.6) is 0 Å². The minimum absolute atomic E-state index is 0.0245. The number of aliphatic hydroxyl groups excluding tert-OH is 1. The van der Waals surface area contributed by atoms with Gasteiger partial charge in [0.1, 0.15) is 11.6 Å². The van der Waals surface area contributed by atoms with Gasteiger partial charge in [0.25, 0.3) is 0 Å². The molecular weight excluding hydrogens is 242 g/mol. The number of aromatic nitrogens is 2. The molecular formula is C13H17N5O. The van der Waals surface area contributed by atoms with E-state index in [2.05, 4.69) is 9.97 Å². The molecule has 0 spiro atoms. The van der Waals surface area contributed by atoms with Crippen LogP contribution in [-0.4, -0.2) is 28.2 Å². The van der Waals surface area contributed by atoms with E-state index in [0.29, 0.717) is 24.7 Å². The predicted octanol–water partition coefficient (Wildman–Crippen LogP) is 0.640. The average Bonchev–Trinajstić information content (AvgIpc) is 2.38. The van der Waals surface area contributed by atoms with E-state index in [0.717, 1.165) is 5.56 Å². The molecule has 0 aliphatic heterocycles. The van der Waals surface area contributed by atoms with Crippen molar-refractivity contribution in [2.45, 2.75) is 6.54 Å². The SMILES string of the molecule is Nc1cc(N(CCO)Cc2ccccc2)nc(N)n1. The maximum atomic E-state index is 9.17. The van der Waals surface area contributed by atoms with Gasteiger partial charge in [0.05, 0.1) is 6.61 Å². The first-order valence-electron chi connectivity index (χ1n) is 5.99. The highest BCUT2D eigenvalue weighted by Crippen LogP contribution is 2.17. The normalized spacial score (nSPS) is 10.4. The Labute approximate surface area is 111 Å². The van der Waals surface area contributed by atoms with Gasteiger partial charge in [0.15, 0.2) is 0 Å². The summed E-state index contributed by atoms with van der Waals surface area (Å²) in [5.41, 5.74) is 12.4. The topological polar surface area (TPSA) is 101 Å². The van der Waals surface area contributed by atoms with Crippen LogP contribution in [0.15, 0.2) is 36.4 Å². The third-order valence-electron chi connectivity index (χ3n) is 2.66. The van der Waals surface area contributed by atoms with Gasteiger partial charge in [0.2, 0.25) is 5.95 Å². The number of benzene rings is 1. The van der Waals surface area contributed by atoms with Crippen molar-refractivity contribution < 1.29 is 5.11 Å². The molecule has 6 heteroatoms. The molecule has 0 atom stereocenters. The minimum Gasteiger partial charge on any atom is -0.395 e. The highest BCUT2D eigenvalue weighted by molar-refractivity contribution is 5.50. The molecule has 0 bridgehead atoms. The molecule has 0 saturated carbocycles. The summed E-state index contributed by atoms with van der Waals surface area (Å²) < 4.78 is 0. The minimum atomic E-state index is 0.0245. The van der Waals surface area contributed by atoms with Gasteiger partial charge < -0.3 is 21.5 Å². The monoisotopic (exact) mass is 259 g/mol. The van der Waals surface area contributed by atoms with Gasteiger partial charge in [-0.3, -0.25) is 0 Å². The molecule has 2 aromatic rings. The lowest BCUT2D eigenvalue weighted by Crippen LogP contribution is -2.27. The summed E-state index contributed by atoms with van der Waals surface area (Å²) in [6.07, 6.45) is 0. The van der Waals surface area contributed by atoms with E-state index < -0.39 is 0 Å². The predicted molar refractivity (Wildman–Crippen MR) is 75.4 cm³/mol. The lowest BCUT2D eigenvalue weighted by Gasteiger charge is -2.23. The zero-order valence-corrected chi connectivity index (χ0v) is 10.5. The molecule has 6 nitrogen and oxygen atoms in total. The molecule has 0 unspecified atom stereocenters. The van der Waals surface area contributed by atoms with Crippen molar-refractivity contribution in [1.29, 1.82) is 0 Å². The Hall–Kier alpha value is -2.34. The second kappa shape index (κ2) is 6.01. The van der Waals surface area contributed by atoms with Crippen molar-refractivity contribution in [3.63, 3.8) is 0 Å². The number of nitrogen functional groups attached to an aromatic ring is 2. The van der Waals surface area contributed by atoms with Gasteiger partial charge in [-0.05, 0) is 5.56 Å². The summed E-state index contributed by atoms with van der Waals surface area (Å²) in [4.78, 5) is 9.90. The Kier molecular flexibility index (Phi) is 4.15. The fourth-order valence-corrected chi connectivity index (χ4v) is 1.83. The molecule has 2 rings (SSSR count). The van der Waals surface area contributed by atoms with Gasteiger partial charge in [0, 0.05) is 19.2 Å². The lowest BCUT2D eigenvalue weighted by atomic mass is 10.2. The van der Waals surface area contributed by atoms with Crippen LogP contribution in [0, 0.1) is 0 Å². The lowest BCUT2D eigenvalue weighted by molar-refractivity contribution is 0.301. The van der Waals surface area contributed by atoms with E-state index >= 15 is 0 Å². The van der Waals surface area contributed by atoms with Gasteiger partial charge in [-0.2, -0.15) is 9.97 Å². The molecule has 100 valence electrons. The van der Waals surface area contributed by atoms with Gasteiger partial charge in [-0.15, -0.1) is 0 Å². The first kappa shape index (κ1) is 13.1. The fourth-order valence-electron chi connectivity index (χ4n) is 1.83. The van der Waals surface area contributed by atoms with E-state index in [1.165, 1.54) is 0 Å². The third-order valence-corrected chi connectivity index (χ3v) is 2.66. The first-order valence-corrected chi connectivity index (χ1v) is 5.99. The van der Waals surface area contributed by atoms with Crippen LogP contribution in [0.4, 0.5) is 17.6 Å². The fraction of sp³-hybridized carbons (Fsp3) is 0.231. The summed E-state index contributed by atoms with van der Waals surface area (Å²) >= 11 is 0. The van der Waals surface area contributed by atoms with Crippen molar-refractivity contribution in [1.82, 2.24) is 9.97 Å². The molecule has 1 heterocycles. The van der Waals surface area contributed by atoms with E-state index in [1.807, 2.05) is 35.2 Å². The highest BCUT2D eigenvalue weighted by Gasteiger charge is 2.10. The van der Waals surface area contributed by atoms with Crippen molar-refractivity contribution in [2.75, 3.05) is 29.5 Å². The van der Waals surface area contributed by atoms with Crippen LogP contribution in [0.3, 0.4) is 0 Å². The number of anilines is 3. The van der Waals surface area contributed by atoms with E-state index in [9.17, 15) is 0 Å². The van der Waals surface area contributed by atoms with Crippen LogP contribution in [0.25, 0.3) is 0 Å². The number of aliphatic hydroxyl groups is 1. The number of hydrogen-bond acceptors (Lipinski definition) is 6. The summed E-state index contributed by atoms with van der Waals surface area (Å²) in [5, 5.41) is 9.17. The van der Waals surface area contributed by atoms with Crippen molar-refractivity contribution in [3.05, 3.63) is 42.0 Å². The van der Waals surface area contributed by atoms with Crippen LogP contribution in [0.1, 0.15) is 5.56 Å². The quantitative estimate of drug-likeness (QED) is 0.728. The zero-order valence-electron chi connectivity index (χ0n) is 10.5. The summed E-state index contributed by atoms with van der Waals surface area (Å²) in [6, 6.07) is 11.6. The molecule has 19 heavy (non-hydrogen) atoms. The number of hydrogen-bond donors (Lipinski definition) is 3. The number of rotatable bonds is 5. The maximum Gasteiger partial charge on any atom is 0.223 e. The van der Waals surface area contributed by atoms with E-state index in [-0.39, 0.29) is 12.6 Å². The molecule has 0 amide bonds. The third kappa shape index (κ3) is 3.56. The summed E-state index contributed by atoms with van der Waals surface area (Å²) in [6.45, 7) is 1.10. The molecule has 1 aromatic heterocycles. The summed E-state index contributed by atoms with van der Waals surface area (Å²) in [7, 11) is 0. The van der Waals surface area contributed by atoms with Crippen molar-refractivity contribution in [2.24, 2.45) is 0 Å². The van der Waals surface area contributed by atoms with Gasteiger partial charge in [-0.1, -0.05) is 30.3 Å². The second-order valence-corrected chi connectivity index (χ2v) is 4.14. The standard InChI is InChI=1S/C13H17N5O/c14-11-8-12(17-13(15)16-11)18(6-7-19)9-10-4-2-1-3-5-10/h1-5,8,19H,6-7,9H2,(H4,14,15,16,17). The number of nitrogens with zero attached hydrogens (tertiary/aromatic N) is 3. The molecule has 0 radical (unpaired) electrons. The van der Waals surface area contributed by atoms with Crippen LogP contribution >= 0.6 is 0 Å². The second-order valence-electron chi connectivity index (χ2n) is 4.14. The van der Waals surface area contributed by atoms with E-state index in [1.54, 1.807) is 6.07 Å². The molecule has 0 aliphatic carbocycles. The molecule has 0 saturated heterocycles. The largest absolute Gasteiger partial charge is 0.395 e. The van der Waals surface area contributed by atoms with E-state index in [4.69, 9.17) is 16.6 Å². The molecule has 1 aromatic carbocycles. The Morgan fingerprint density at radius 1 is 1.11 bits per heavy atom. The Morgan fingerprint density at radius 2 is 1.84 bits per heavy atom.